The molecule has 208 valence electrons. The Morgan fingerprint density at radius 1 is 0.500 bits per heavy atom. The number of nitrogens with zero attached hydrogens (tertiary/aromatic N) is 2. The lowest BCUT2D eigenvalue weighted by molar-refractivity contribution is 0.787. The van der Waals surface area contributed by atoms with Gasteiger partial charge in [-0.05, 0) is 106 Å². The van der Waals surface area contributed by atoms with Crippen LogP contribution >= 0.6 is 0 Å². The zero-order valence-electron chi connectivity index (χ0n) is 25.0. The Labute approximate surface area is 250 Å². The van der Waals surface area contributed by atoms with Crippen molar-refractivity contribution in [1.82, 2.24) is 0 Å². The quantitative estimate of drug-likeness (QED) is 0.200. The first kappa shape index (κ1) is 27.4. The van der Waals surface area contributed by atoms with Gasteiger partial charge in [0.15, 0.2) is 0 Å². The second-order valence-electron chi connectivity index (χ2n) is 11.4. The summed E-state index contributed by atoms with van der Waals surface area (Å²) in [4.78, 5) is 4.81. The van der Waals surface area contributed by atoms with Crippen LogP contribution in [-0.4, -0.2) is 6.04 Å². The average molecular weight is 547 g/mol. The van der Waals surface area contributed by atoms with Crippen LogP contribution in [0.3, 0.4) is 0 Å². The van der Waals surface area contributed by atoms with Crippen molar-refractivity contribution in [1.29, 1.82) is 0 Å². The van der Waals surface area contributed by atoms with Gasteiger partial charge in [-0.3, -0.25) is 0 Å². The fourth-order valence-electron chi connectivity index (χ4n) is 5.64. The molecule has 5 aromatic carbocycles. The minimum absolute atomic E-state index is 0.198. The fourth-order valence-corrected chi connectivity index (χ4v) is 5.64. The summed E-state index contributed by atoms with van der Waals surface area (Å²) < 4.78 is 0. The van der Waals surface area contributed by atoms with E-state index in [-0.39, 0.29) is 6.04 Å². The third kappa shape index (κ3) is 5.94. The predicted octanol–water partition coefficient (Wildman–Crippen LogP) is 10.9. The molecule has 0 fully saturated rings. The maximum absolute atomic E-state index is 2.47. The summed E-state index contributed by atoms with van der Waals surface area (Å²) in [7, 11) is 0. The smallest absolute Gasteiger partial charge is 0.0565 e. The van der Waals surface area contributed by atoms with Gasteiger partial charge in [0.2, 0.25) is 0 Å². The Morgan fingerprint density at radius 3 is 1.43 bits per heavy atom. The molecule has 0 bridgehead atoms. The number of benzene rings is 5. The van der Waals surface area contributed by atoms with Gasteiger partial charge in [0, 0.05) is 28.4 Å². The van der Waals surface area contributed by atoms with Crippen LogP contribution in [0.15, 0.2) is 140 Å². The first-order valence-corrected chi connectivity index (χ1v) is 14.8. The number of rotatable bonds is 7. The first-order valence-electron chi connectivity index (χ1n) is 14.8. The highest BCUT2D eigenvalue weighted by Gasteiger charge is 2.22. The monoisotopic (exact) mass is 546 g/mol. The summed E-state index contributed by atoms with van der Waals surface area (Å²) in [5.41, 5.74) is 13.4. The van der Waals surface area contributed by atoms with Crippen molar-refractivity contribution >= 4 is 34.0 Å². The zero-order valence-corrected chi connectivity index (χ0v) is 25.0. The molecular formula is C40H38N2. The van der Waals surface area contributed by atoms with Crippen molar-refractivity contribution in [2.45, 2.75) is 40.2 Å². The van der Waals surface area contributed by atoms with Crippen molar-refractivity contribution < 1.29 is 0 Å². The lowest BCUT2D eigenvalue weighted by Crippen LogP contribution is -2.30. The second-order valence-corrected chi connectivity index (χ2v) is 11.4. The Hall–Kier alpha value is -4.82. The number of allylic oxidation sites excluding steroid dienone is 2. The Balaban J connectivity index is 1.40. The van der Waals surface area contributed by atoms with Crippen LogP contribution in [-0.2, 0) is 0 Å². The Kier molecular flexibility index (Phi) is 7.79. The highest BCUT2D eigenvalue weighted by Crippen LogP contribution is 2.38. The Bertz CT molecular complexity index is 1620. The minimum Gasteiger partial charge on any atom is -0.334 e. The van der Waals surface area contributed by atoms with E-state index in [1.165, 1.54) is 44.8 Å². The lowest BCUT2D eigenvalue weighted by Gasteiger charge is -2.34. The number of aryl methyl sites for hydroxylation is 4. The predicted molar refractivity (Wildman–Crippen MR) is 181 cm³/mol. The summed E-state index contributed by atoms with van der Waals surface area (Å²) in [5, 5.41) is 0. The molecule has 1 aliphatic carbocycles. The van der Waals surface area contributed by atoms with Gasteiger partial charge in [0.05, 0.1) is 6.04 Å². The van der Waals surface area contributed by atoms with Crippen molar-refractivity contribution in [3.8, 4) is 0 Å². The van der Waals surface area contributed by atoms with Gasteiger partial charge >= 0.3 is 0 Å². The molecule has 42 heavy (non-hydrogen) atoms. The van der Waals surface area contributed by atoms with Crippen LogP contribution in [0.4, 0.5) is 28.4 Å². The normalized spacial score (nSPS) is 14.4. The van der Waals surface area contributed by atoms with Crippen LogP contribution in [0, 0.1) is 27.7 Å². The molecule has 0 saturated heterocycles. The molecule has 2 heteroatoms. The van der Waals surface area contributed by atoms with Gasteiger partial charge in [-0.2, -0.15) is 0 Å². The number of hydrogen-bond donors (Lipinski definition) is 0. The largest absolute Gasteiger partial charge is 0.334 e. The number of hydrogen-bond acceptors (Lipinski definition) is 2. The molecule has 0 amide bonds. The molecular weight excluding hydrogens is 508 g/mol. The van der Waals surface area contributed by atoms with E-state index in [0.717, 1.165) is 23.5 Å². The third-order valence-corrected chi connectivity index (χ3v) is 8.02. The van der Waals surface area contributed by atoms with Crippen molar-refractivity contribution in [3.05, 3.63) is 167 Å². The first-order chi connectivity index (χ1) is 20.4. The van der Waals surface area contributed by atoms with Gasteiger partial charge in [-0.1, -0.05) is 101 Å². The second kappa shape index (κ2) is 12.0. The summed E-state index contributed by atoms with van der Waals surface area (Å²) in [6.07, 6.45) is 7.98. The molecule has 1 aliphatic rings. The van der Waals surface area contributed by atoms with E-state index < -0.39 is 0 Å². The summed E-state index contributed by atoms with van der Waals surface area (Å²) >= 11 is 0. The van der Waals surface area contributed by atoms with Crippen molar-refractivity contribution in [2.24, 2.45) is 0 Å². The summed E-state index contributed by atoms with van der Waals surface area (Å²) in [5.74, 6) is 0. The molecule has 0 heterocycles. The minimum atomic E-state index is 0.198. The van der Waals surface area contributed by atoms with Gasteiger partial charge in [0.1, 0.15) is 0 Å². The average Bonchev–Trinajstić information content (AvgIpc) is 3.02. The van der Waals surface area contributed by atoms with E-state index in [9.17, 15) is 0 Å². The van der Waals surface area contributed by atoms with Crippen molar-refractivity contribution in [2.75, 3.05) is 9.80 Å². The Morgan fingerprint density at radius 2 is 0.952 bits per heavy atom. The van der Waals surface area contributed by atoms with Crippen LogP contribution < -0.4 is 9.80 Å². The number of anilines is 5. The maximum atomic E-state index is 2.47. The van der Waals surface area contributed by atoms with Crippen LogP contribution in [0.5, 0.6) is 0 Å². The highest BCUT2D eigenvalue weighted by molar-refractivity contribution is 5.83. The zero-order chi connectivity index (χ0) is 29.1. The molecule has 0 aliphatic heterocycles. The van der Waals surface area contributed by atoms with Crippen LogP contribution in [0.2, 0.25) is 0 Å². The third-order valence-electron chi connectivity index (χ3n) is 8.02. The molecule has 0 spiro atoms. The molecule has 0 aromatic heterocycles. The molecule has 1 unspecified atom stereocenters. The molecule has 1 atom stereocenters. The van der Waals surface area contributed by atoms with E-state index in [0.29, 0.717) is 0 Å². The van der Waals surface area contributed by atoms with Gasteiger partial charge in [-0.15, -0.1) is 0 Å². The van der Waals surface area contributed by atoms with Crippen LogP contribution in [0.25, 0.3) is 5.57 Å². The maximum Gasteiger partial charge on any atom is 0.0565 e. The molecule has 2 nitrogen and oxygen atoms in total. The van der Waals surface area contributed by atoms with Gasteiger partial charge < -0.3 is 9.80 Å². The van der Waals surface area contributed by atoms with E-state index in [1.54, 1.807) is 0 Å². The van der Waals surface area contributed by atoms with Crippen LogP contribution in [0.1, 0.15) is 34.2 Å². The highest BCUT2D eigenvalue weighted by atomic mass is 15.2. The SMILES string of the molecule is Cc1ccc(N(c2ccc(C)cc2)c2cccc(C3=CC(N(c4ccc(C)cc4)c4ccc(C)cc4)CC=C3)c2)cc1. The standard InChI is InChI=1S/C40H38N2/c1-29-11-19-35(20-12-29)41(36-21-13-30(2)14-22-36)39-9-5-7-33(27-39)34-8-6-10-40(28-34)42(37-23-15-31(3)16-24-37)38-25-17-32(4)18-26-38/h5-9,11-28,40H,10H2,1-4H3. The van der Waals surface area contributed by atoms with E-state index in [1.807, 2.05) is 0 Å². The molecule has 5 aromatic rings. The fraction of sp³-hybridized carbons (Fsp3) is 0.150. The van der Waals surface area contributed by atoms with E-state index in [2.05, 4.69) is 177 Å². The molecule has 0 N–H and O–H groups in total. The topological polar surface area (TPSA) is 6.48 Å². The van der Waals surface area contributed by atoms with E-state index in [4.69, 9.17) is 0 Å². The summed E-state index contributed by atoms with van der Waals surface area (Å²) in [6, 6.07) is 44.5. The van der Waals surface area contributed by atoms with Gasteiger partial charge in [-0.25, -0.2) is 0 Å². The molecule has 0 saturated carbocycles. The lowest BCUT2D eigenvalue weighted by atomic mass is 9.94. The van der Waals surface area contributed by atoms with E-state index >= 15 is 0 Å². The summed E-state index contributed by atoms with van der Waals surface area (Å²) in [6.45, 7) is 8.56. The molecule has 6 rings (SSSR count). The van der Waals surface area contributed by atoms with Gasteiger partial charge in [0.25, 0.3) is 0 Å². The molecule has 0 radical (unpaired) electrons. The van der Waals surface area contributed by atoms with Crippen molar-refractivity contribution in [3.63, 3.8) is 0 Å².